The predicted molar refractivity (Wildman–Crippen MR) is 110 cm³/mol. The number of benzene rings is 2. The van der Waals surface area contributed by atoms with Crippen LogP contribution in [0.25, 0.3) is 0 Å². The third-order valence-electron chi connectivity index (χ3n) is 6.48. The lowest BCUT2D eigenvalue weighted by molar-refractivity contribution is -0.139. The maximum Gasteiger partial charge on any atom is 0.417 e. The molecule has 0 N–H and O–H groups in total. The molecule has 0 aliphatic carbocycles. The summed E-state index contributed by atoms with van der Waals surface area (Å²) in [4.78, 5) is 3.80. The Hall–Kier alpha value is -2.06. The summed E-state index contributed by atoms with van der Waals surface area (Å²) < 4.78 is 66.7. The number of anilines is 1. The third kappa shape index (κ3) is 3.50. The number of halogens is 3. The van der Waals surface area contributed by atoms with Gasteiger partial charge in [-0.3, -0.25) is 0 Å². The van der Waals surface area contributed by atoms with Crippen LogP contribution in [0.5, 0.6) is 0 Å². The SMILES string of the molecule is CCN1CCC2[C@H](CC1)c1cc(S(=O)(=O)c3ccccc3C(F)(F)F)ccc1N2C. The quantitative estimate of drug-likeness (QED) is 0.705. The molecule has 0 aromatic heterocycles. The van der Waals surface area contributed by atoms with Gasteiger partial charge in [0, 0.05) is 31.2 Å². The number of nitrogens with zero attached hydrogens (tertiary/aromatic N) is 2. The Morgan fingerprint density at radius 1 is 1.07 bits per heavy atom. The van der Waals surface area contributed by atoms with Gasteiger partial charge in [0.1, 0.15) is 0 Å². The number of likely N-dealkylation sites (tertiary alicyclic amines) is 1. The molecule has 4 rings (SSSR count). The Bertz CT molecular complexity index is 1050. The minimum Gasteiger partial charge on any atom is -0.371 e. The average Bonchev–Trinajstić information content (AvgIpc) is 2.86. The van der Waals surface area contributed by atoms with E-state index in [0.29, 0.717) is 0 Å². The highest BCUT2D eigenvalue weighted by atomic mass is 32.2. The largest absolute Gasteiger partial charge is 0.417 e. The zero-order chi connectivity index (χ0) is 21.7. The van der Waals surface area contributed by atoms with Gasteiger partial charge in [0.25, 0.3) is 0 Å². The van der Waals surface area contributed by atoms with Crippen molar-refractivity contribution in [1.29, 1.82) is 0 Å². The molecule has 2 aromatic rings. The molecule has 2 heterocycles. The summed E-state index contributed by atoms with van der Waals surface area (Å²) in [7, 11) is -2.29. The van der Waals surface area contributed by atoms with Crippen molar-refractivity contribution >= 4 is 15.5 Å². The fourth-order valence-corrected chi connectivity index (χ4v) is 6.36. The van der Waals surface area contributed by atoms with E-state index in [9.17, 15) is 21.6 Å². The summed E-state index contributed by atoms with van der Waals surface area (Å²) in [5.74, 6) is 0.176. The first-order valence-electron chi connectivity index (χ1n) is 10.1. The van der Waals surface area contributed by atoms with Gasteiger partial charge >= 0.3 is 6.18 Å². The lowest BCUT2D eigenvalue weighted by Crippen LogP contribution is -2.31. The Labute approximate surface area is 175 Å². The summed E-state index contributed by atoms with van der Waals surface area (Å²) in [6.45, 7) is 5.01. The molecule has 2 aromatic carbocycles. The van der Waals surface area contributed by atoms with Crippen LogP contribution in [0.4, 0.5) is 18.9 Å². The van der Waals surface area contributed by atoms with E-state index < -0.39 is 26.5 Å². The van der Waals surface area contributed by atoms with E-state index in [1.54, 1.807) is 12.1 Å². The van der Waals surface area contributed by atoms with Crippen LogP contribution in [0.15, 0.2) is 52.3 Å². The molecule has 2 aliphatic rings. The van der Waals surface area contributed by atoms with E-state index in [2.05, 4.69) is 16.7 Å². The molecular formula is C22H25F3N2O2S. The van der Waals surface area contributed by atoms with Gasteiger partial charge in [-0.25, -0.2) is 8.42 Å². The fraction of sp³-hybridized carbons (Fsp3) is 0.455. The summed E-state index contributed by atoms with van der Waals surface area (Å²) in [5, 5.41) is 0. The van der Waals surface area contributed by atoms with Crippen LogP contribution in [0, 0.1) is 0 Å². The van der Waals surface area contributed by atoms with Crippen LogP contribution in [-0.2, 0) is 16.0 Å². The number of hydrogen-bond donors (Lipinski definition) is 0. The fourth-order valence-electron chi connectivity index (χ4n) is 4.84. The second kappa shape index (κ2) is 7.57. The van der Waals surface area contributed by atoms with E-state index >= 15 is 0 Å². The maximum atomic E-state index is 13.4. The molecular weight excluding hydrogens is 413 g/mol. The molecule has 1 fully saturated rings. The summed E-state index contributed by atoms with van der Waals surface area (Å²) in [6.07, 6.45) is -2.86. The number of alkyl halides is 3. The van der Waals surface area contributed by atoms with Crippen molar-refractivity contribution < 1.29 is 21.6 Å². The zero-order valence-electron chi connectivity index (χ0n) is 17.0. The Kier molecular flexibility index (Phi) is 5.34. The maximum absolute atomic E-state index is 13.4. The van der Waals surface area contributed by atoms with E-state index in [1.165, 1.54) is 18.2 Å². The Morgan fingerprint density at radius 2 is 1.77 bits per heavy atom. The average molecular weight is 439 g/mol. The molecule has 30 heavy (non-hydrogen) atoms. The van der Waals surface area contributed by atoms with Crippen LogP contribution in [0.1, 0.15) is 36.8 Å². The molecule has 1 saturated heterocycles. The van der Waals surface area contributed by atoms with Gasteiger partial charge in [0.15, 0.2) is 0 Å². The lowest BCUT2D eigenvalue weighted by Gasteiger charge is -2.25. The van der Waals surface area contributed by atoms with Crippen molar-refractivity contribution in [1.82, 2.24) is 4.90 Å². The molecule has 0 amide bonds. The molecule has 8 heteroatoms. The van der Waals surface area contributed by atoms with Gasteiger partial charge in [-0.15, -0.1) is 0 Å². The second-order valence-electron chi connectivity index (χ2n) is 8.01. The first kappa shape index (κ1) is 21.2. The van der Waals surface area contributed by atoms with Crippen molar-refractivity contribution in [3.8, 4) is 0 Å². The standard InChI is InChI=1S/C22H25F3N2O2S/c1-3-27-12-10-16-17-14-15(8-9-19(17)26(2)20(16)11-13-27)30(28,29)21-7-5-4-6-18(21)22(23,24)25/h4-9,14,16,20H,3,10-13H2,1-2H3/t16-,20?/m1/s1. The van der Waals surface area contributed by atoms with E-state index in [0.717, 1.165) is 55.9 Å². The molecule has 0 bridgehead atoms. The second-order valence-corrected chi connectivity index (χ2v) is 9.93. The summed E-state index contributed by atoms with van der Waals surface area (Å²) in [6, 6.07) is 9.42. The first-order chi connectivity index (χ1) is 14.1. The van der Waals surface area contributed by atoms with E-state index in [1.807, 2.05) is 7.05 Å². The van der Waals surface area contributed by atoms with Crippen molar-refractivity contribution in [2.75, 3.05) is 31.6 Å². The minimum atomic E-state index is -4.74. The number of likely N-dealkylation sites (N-methyl/N-ethyl adjacent to an activating group) is 1. The van der Waals surface area contributed by atoms with Gasteiger partial charge in [0.05, 0.1) is 15.4 Å². The monoisotopic (exact) mass is 438 g/mol. The number of rotatable bonds is 3. The van der Waals surface area contributed by atoms with Crippen LogP contribution in [0.2, 0.25) is 0 Å². The molecule has 0 radical (unpaired) electrons. The molecule has 0 saturated carbocycles. The predicted octanol–water partition coefficient (Wildman–Crippen LogP) is 4.56. The summed E-state index contributed by atoms with van der Waals surface area (Å²) in [5.41, 5.74) is 0.762. The van der Waals surface area contributed by atoms with Gasteiger partial charge < -0.3 is 9.80 Å². The topological polar surface area (TPSA) is 40.6 Å². The number of sulfone groups is 1. The first-order valence-corrected chi connectivity index (χ1v) is 11.6. The molecule has 4 nitrogen and oxygen atoms in total. The molecule has 162 valence electrons. The zero-order valence-corrected chi connectivity index (χ0v) is 17.8. The smallest absolute Gasteiger partial charge is 0.371 e. The van der Waals surface area contributed by atoms with Crippen LogP contribution < -0.4 is 4.90 Å². The molecule has 0 spiro atoms. The van der Waals surface area contributed by atoms with Gasteiger partial charge in [-0.05, 0) is 61.8 Å². The van der Waals surface area contributed by atoms with Crippen LogP contribution in [0.3, 0.4) is 0 Å². The van der Waals surface area contributed by atoms with Crippen LogP contribution >= 0.6 is 0 Å². The third-order valence-corrected chi connectivity index (χ3v) is 8.29. The number of hydrogen-bond acceptors (Lipinski definition) is 4. The Balaban J connectivity index is 1.77. The highest BCUT2D eigenvalue weighted by Crippen LogP contribution is 2.46. The van der Waals surface area contributed by atoms with E-state index in [-0.39, 0.29) is 16.9 Å². The van der Waals surface area contributed by atoms with E-state index in [4.69, 9.17) is 0 Å². The van der Waals surface area contributed by atoms with Gasteiger partial charge in [-0.2, -0.15) is 13.2 Å². The molecule has 2 aliphatic heterocycles. The normalized spacial score (nSPS) is 22.5. The van der Waals surface area contributed by atoms with Crippen molar-refractivity contribution in [2.24, 2.45) is 0 Å². The summed E-state index contributed by atoms with van der Waals surface area (Å²) >= 11 is 0. The van der Waals surface area contributed by atoms with Gasteiger partial charge in [-0.1, -0.05) is 19.1 Å². The lowest BCUT2D eigenvalue weighted by atomic mass is 9.91. The van der Waals surface area contributed by atoms with Gasteiger partial charge in [0.2, 0.25) is 9.84 Å². The number of fused-ring (bicyclic) bond motifs is 3. The molecule has 2 atom stereocenters. The molecule has 1 unspecified atom stereocenters. The Morgan fingerprint density at radius 3 is 2.47 bits per heavy atom. The highest BCUT2D eigenvalue weighted by Gasteiger charge is 2.40. The van der Waals surface area contributed by atoms with Crippen LogP contribution in [-0.4, -0.2) is 46.0 Å². The van der Waals surface area contributed by atoms with Crippen molar-refractivity contribution in [3.63, 3.8) is 0 Å². The minimum absolute atomic E-state index is 0.0800. The van der Waals surface area contributed by atoms with Crippen molar-refractivity contribution in [3.05, 3.63) is 53.6 Å². The highest BCUT2D eigenvalue weighted by molar-refractivity contribution is 7.91. The van der Waals surface area contributed by atoms with Crippen molar-refractivity contribution in [2.45, 2.75) is 47.7 Å².